The standard InChI is InChI=1S/C25H37N7O4/c1-18(2)35-20-8-6-19(7-9-20)30-25(33)36-21-10-13-32(14-11-21)24-22(23(26)27-17-28-24)16-29-34-15-5-12-31(3)4/h6-9,16-18,21H,5,10-15H2,1-4H3,(H,30,33)(H2,26,27,28)/b29-16+. The average molecular weight is 500 g/mol. The number of oxime groups is 1. The van der Waals surface area contributed by atoms with E-state index in [9.17, 15) is 4.79 Å². The van der Waals surface area contributed by atoms with E-state index in [2.05, 4.69) is 30.2 Å². The lowest BCUT2D eigenvalue weighted by molar-refractivity contribution is 0.0950. The van der Waals surface area contributed by atoms with Gasteiger partial charge in [-0.2, -0.15) is 0 Å². The van der Waals surface area contributed by atoms with Crippen LogP contribution < -0.4 is 20.7 Å². The second-order valence-electron chi connectivity index (χ2n) is 9.13. The third-order valence-corrected chi connectivity index (χ3v) is 5.48. The van der Waals surface area contributed by atoms with E-state index in [1.54, 1.807) is 18.3 Å². The summed E-state index contributed by atoms with van der Waals surface area (Å²) in [7, 11) is 4.03. The van der Waals surface area contributed by atoms with Gasteiger partial charge in [-0.1, -0.05) is 5.16 Å². The highest BCUT2D eigenvalue weighted by Crippen LogP contribution is 2.25. The van der Waals surface area contributed by atoms with Gasteiger partial charge >= 0.3 is 6.09 Å². The summed E-state index contributed by atoms with van der Waals surface area (Å²) in [5.74, 6) is 1.78. The molecule has 1 fully saturated rings. The van der Waals surface area contributed by atoms with Crippen molar-refractivity contribution in [1.82, 2.24) is 14.9 Å². The Kier molecular flexibility index (Phi) is 10.1. The predicted molar refractivity (Wildman–Crippen MR) is 141 cm³/mol. The second-order valence-corrected chi connectivity index (χ2v) is 9.13. The minimum atomic E-state index is -0.475. The first kappa shape index (κ1) is 27.0. The van der Waals surface area contributed by atoms with Crippen LogP contribution in [0.2, 0.25) is 0 Å². The number of nitrogens with zero attached hydrogens (tertiary/aromatic N) is 5. The Labute approximate surface area is 212 Å². The van der Waals surface area contributed by atoms with E-state index in [4.69, 9.17) is 20.0 Å². The maximum atomic E-state index is 12.4. The van der Waals surface area contributed by atoms with E-state index >= 15 is 0 Å². The molecule has 0 bridgehead atoms. The van der Waals surface area contributed by atoms with Gasteiger partial charge in [0, 0.05) is 38.2 Å². The zero-order valence-electron chi connectivity index (χ0n) is 21.5. The molecule has 36 heavy (non-hydrogen) atoms. The zero-order chi connectivity index (χ0) is 25.9. The van der Waals surface area contributed by atoms with Crippen LogP contribution in [0.3, 0.4) is 0 Å². The first-order valence-electron chi connectivity index (χ1n) is 12.2. The zero-order valence-corrected chi connectivity index (χ0v) is 21.5. The normalized spacial score (nSPS) is 14.4. The van der Waals surface area contributed by atoms with Crippen molar-refractivity contribution >= 4 is 29.6 Å². The molecule has 1 aromatic heterocycles. The summed E-state index contributed by atoms with van der Waals surface area (Å²) in [6.07, 6.45) is 4.62. The van der Waals surface area contributed by atoms with Crippen LogP contribution in [-0.2, 0) is 9.57 Å². The van der Waals surface area contributed by atoms with Crippen molar-refractivity contribution in [2.75, 3.05) is 56.3 Å². The van der Waals surface area contributed by atoms with Crippen molar-refractivity contribution in [3.8, 4) is 5.75 Å². The highest BCUT2D eigenvalue weighted by molar-refractivity contribution is 5.91. The van der Waals surface area contributed by atoms with Crippen molar-refractivity contribution < 1.29 is 19.1 Å². The molecular formula is C25H37N7O4. The SMILES string of the molecule is CC(C)Oc1ccc(NC(=O)OC2CCN(c3ncnc(N)c3/C=N/OCCCN(C)C)CC2)cc1. The Balaban J connectivity index is 1.48. The summed E-state index contributed by atoms with van der Waals surface area (Å²) < 4.78 is 11.3. The number of anilines is 3. The summed E-state index contributed by atoms with van der Waals surface area (Å²) in [6, 6.07) is 7.21. The predicted octanol–water partition coefficient (Wildman–Crippen LogP) is 3.37. The van der Waals surface area contributed by atoms with Gasteiger partial charge in [0.1, 0.15) is 36.4 Å². The number of aromatic nitrogens is 2. The molecule has 11 heteroatoms. The summed E-state index contributed by atoms with van der Waals surface area (Å²) in [5, 5.41) is 6.82. The fourth-order valence-corrected chi connectivity index (χ4v) is 3.74. The molecule has 0 spiro atoms. The molecule has 1 aromatic carbocycles. The number of nitrogens with two attached hydrogens (primary N) is 1. The van der Waals surface area contributed by atoms with E-state index in [1.165, 1.54) is 6.33 Å². The fraction of sp³-hybridized carbons (Fsp3) is 0.520. The maximum absolute atomic E-state index is 12.4. The number of hydrogen-bond donors (Lipinski definition) is 2. The van der Waals surface area contributed by atoms with Crippen molar-refractivity contribution in [1.29, 1.82) is 0 Å². The van der Waals surface area contributed by atoms with E-state index in [0.29, 0.717) is 55.4 Å². The molecule has 2 aromatic rings. The summed E-state index contributed by atoms with van der Waals surface area (Å²) in [4.78, 5) is 30.4. The Morgan fingerprint density at radius 3 is 2.64 bits per heavy atom. The van der Waals surface area contributed by atoms with Crippen LogP contribution in [0.25, 0.3) is 0 Å². The van der Waals surface area contributed by atoms with Gasteiger partial charge in [0.15, 0.2) is 0 Å². The molecule has 0 aliphatic carbocycles. The van der Waals surface area contributed by atoms with E-state index < -0.39 is 6.09 Å². The number of hydrogen-bond acceptors (Lipinski definition) is 10. The smallest absolute Gasteiger partial charge is 0.411 e. The van der Waals surface area contributed by atoms with E-state index in [1.807, 2.05) is 40.1 Å². The molecule has 0 unspecified atom stereocenters. The monoisotopic (exact) mass is 499 g/mol. The Bertz CT molecular complexity index is 990. The van der Waals surface area contributed by atoms with Gasteiger partial charge < -0.3 is 29.8 Å². The van der Waals surface area contributed by atoms with Gasteiger partial charge in [0.2, 0.25) is 0 Å². The highest BCUT2D eigenvalue weighted by Gasteiger charge is 2.25. The van der Waals surface area contributed by atoms with Crippen LogP contribution in [0.1, 0.15) is 38.7 Å². The Morgan fingerprint density at radius 1 is 1.25 bits per heavy atom. The van der Waals surface area contributed by atoms with Gasteiger partial charge in [0.25, 0.3) is 0 Å². The van der Waals surface area contributed by atoms with Crippen LogP contribution >= 0.6 is 0 Å². The van der Waals surface area contributed by atoms with E-state index in [-0.39, 0.29) is 12.2 Å². The summed E-state index contributed by atoms with van der Waals surface area (Å²) >= 11 is 0. The maximum Gasteiger partial charge on any atom is 0.411 e. The van der Waals surface area contributed by atoms with Crippen LogP contribution in [-0.4, -0.2) is 79.7 Å². The van der Waals surface area contributed by atoms with E-state index in [0.717, 1.165) is 18.7 Å². The second kappa shape index (κ2) is 13.5. The van der Waals surface area contributed by atoms with Crippen LogP contribution in [0, 0.1) is 0 Å². The van der Waals surface area contributed by atoms with Gasteiger partial charge in [-0.05, 0) is 58.6 Å². The van der Waals surface area contributed by atoms with Crippen molar-refractivity contribution in [2.24, 2.45) is 5.16 Å². The van der Waals surface area contributed by atoms with Gasteiger partial charge in [0.05, 0.1) is 17.9 Å². The molecule has 3 N–H and O–H groups in total. The van der Waals surface area contributed by atoms with Crippen molar-refractivity contribution in [2.45, 2.75) is 45.3 Å². The molecule has 0 radical (unpaired) electrons. The number of amides is 1. The number of piperidine rings is 1. The Morgan fingerprint density at radius 2 is 1.97 bits per heavy atom. The molecule has 11 nitrogen and oxygen atoms in total. The lowest BCUT2D eigenvalue weighted by Gasteiger charge is -2.33. The number of benzene rings is 1. The number of carbonyl (C=O) groups excluding carboxylic acids is 1. The summed E-state index contributed by atoms with van der Waals surface area (Å²) in [6.45, 7) is 6.67. The van der Waals surface area contributed by atoms with Crippen molar-refractivity contribution in [3.05, 3.63) is 36.2 Å². The number of carbonyl (C=O) groups is 1. The molecule has 1 aliphatic heterocycles. The molecule has 0 atom stereocenters. The molecule has 1 aliphatic rings. The molecule has 2 heterocycles. The first-order chi connectivity index (χ1) is 17.3. The highest BCUT2D eigenvalue weighted by atomic mass is 16.6. The number of rotatable bonds is 11. The van der Waals surface area contributed by atoms with Crippen LogP contribution in [0.5, 0.6) is 5.75 Å². The average Bonchev–Trinajstić information content (AvgIpc) is 2.83. The minimum absolute atomic E-state index is 0.0909. The molecular weight excluding hydrogens is 462 g/mol. The largest absolute Gasteiger partial charge is 0.491 e. The lowest BCUT2D eigenvalue weighted by atomic mass is 10.1. The van der Waals surface area contributed by atoms with Crippen LogP contribution in [0.15, 0.2) is 35.7 Å². The number of nitrogens with one attached hydrogen (secondary N) is 1. The Hall–Kier alpha value is -3.60. The lowest BCUT2D eigenvalue weighted by Crippen LogP contribution is -2.39. The van der Waals surface area contributed by atoms with Gasteiger partial charge in [-0.3, -0.25) is 5.32 Å². The molecule has 3 rings (SSSR count). The summed E-state index contributed by atoms with van der Waals surface area (Å²) in [5.41, 5.74) is 7.36. The molecule has 0 saturated carbocycles. The number of nitrogen functional groups attached to an aromatic ring is 1. The third-order valence-electron chi connectivity index (χ3n) is 5.48. The topological polar surface area (TPSA) is 127 Å². The van der Waals surface area contributed by atoms with Crippen LogP contribution in [0.4, 0.5) is 22.1 Å². The molecule has 196 valence electrons. The third kappa shape index (κ3) is 8.56. The van der Waals surface area contributed by atoms with Gasteiger partial charge in [-0.15, -0.1) is 0 Å². The number of ether oxygens (including phenoxy) is 2. The molecule has 1 amide bonds. The quantitative estimate of drug-likeness (QED) is 0.272. The van der Waals surface area contributed by atoms with Gasteiger partial charge in [-0.25, -0.2) is 14.8 Å². The first-order valence-corrected chi connectivity index (χ1v) is 12.2. The molecule has 1 saturated heterocycles. The fourth-order valence-electron chi connectivity index (χ4n) is 3.74. The van der Waals surface area contributed by atoms with Crippen molar-refractivity contribution in [3.63, 3.8) is 0 Å². The minimum Gasteiger partial charge on any atom is -0.491 e.